The predicted molar refractivity (Wildman–Crippen MR) is 108 cm³/mol. The number of nitrogens with one attached hydrogen (secondary N) is 1. The first-order valence-corrected chi connectivity index (χ1v) is 9.79. The molecule has 2 aromatic carbocycles. The van der Waals surface area contributed by atoms with Crippen molar-refractivity contribution in [2.45, 2.75) is 19.5 Å². The van der Waals surface area contributed by atoms with Crippen molar-refractivity contribution in [2.75, 3.05) is 44.2 Å². The van der Waals surface area contributed by atoms with Gasteiger partial charge in [-0.1, -0.05) is 30.3 Å². The Morgan fingerprint density at radius 1 is 1.03 bits per heavy atom. The fourth-order valence-corrected chi connectivity index (χ4v) is 3.53. The number of aryl methyl sites for hydroxylation is 1. The summed E-state index contributed by atoms with van der Waals surface area (Å²) in [7, 11) is 0. The first kappa shape index (κ1) is 21.2. The molecule has 4 nitrogen and oxygen atoms in total. The molecule has 29 heavy (non-hydrogen) atoms. The molecule has 0 aliphatic carbocycles. The molecule has 3 rings (SSSR count). The van der Waals surface area contributed by atoms with Crippen LogP contribution in [0.5, 0.6) is 0 Å². The van der Waals surface area contributed by atoms with E-state index in [9.17, 15) is 18.0 Å². The molecule has 0 unspecified atom stereocenters. The molecular weight excluding hydrogens is 379 g/mol. The van der Waals surface area contributed by atoms with Gasteiger partial charge in [0.15, 0.2) is 0 Å². The van der Waals surface area contributed by atoms with Crippen molar-refractivity contribution < 1.29 is 18.0 Å². The number of alkyl halides is 3. The number of benzene rings is 2. The SMILES string of the molecule is Cc1ccccc1CCNC(=O)CN1CCN(c2cccc(C(F)(F)F)c2)CC1. The summed E-state index contributed by atoms with van der Waals surface area (Å²) in [5.41, 5.74) is 2.38. The number of halogens is 3. The second-order valence-electron chi connectivity index (χ2n) is 7.34. The fourth-order valence-electron chi connectivity index (χ4n) is 3.53. The first-order chi connectivity index (χ1) is 13.8. The molecule has 1 fully saturated rings. The highest BCUT2D eigenvalue weighted by molar-refractivity contribution is 5.78. The standard InChI is InChI=1S/C22H26F3N3O/c1-17-5-2-3-6-18(17)9-10-26-21(29)16-27-11-13-28(14-12-27)20-8-4-7-19(15-20)22(23,24)25/h2-8,15H,9-14,16H2,1H3,(H,26,29). The highest BCUT2D eigenvalue weighted by Crippen LogP contribution is 2.31. The van der Waals surface area contributed by atoms with Gasteiger partial charge in [0.25, 0.3) is 0 Å². The van der Waals surface area contributed by atoms with E-state index in [1.165, 1.54) is 23.3 Å². The zero-order valence-electron chi connectivity index (χ0n) is 16.5. The maximum absolute atomic E-state index is 12.9. The Kier molecular flexibility index (Phi) is 6.79. The molecule has 0 atom stereocenters. The third kappa shape index (κ3) is 5.97. The average molecular weight is 405 g/mol. The van der Waals surface area contributed by atoms with Gasteiger partial charge >= 0.3 is 6.18 Å². The van der Waals surface area contributed by atoms with E-state index in [1.807, 2.05) is 21.9 Å². The van der Waals surface area contributed by atoms with E-state index in [0.717, 1.165) is 12.5 Å². The number of nitrogens with zero attached hydrogens (tertiary/aromatic N) is 2. The van der Waals surface area contributed by atoms with E-state index >= 15 is 0 Å². The largest absolute Gasteiger partial charge is 0.416 e. The Morgan fingerprint density at radius 2 is 1.76 bits per heavy atom. The number of carbonyl (C=O) groups is 1. The molecule has 1 saturated heterocycles. The minimum absolute atomic E-state index is 0.0221. The molecule has 0 spiro atoms. The number of piperazine rings is 1. The smallest absolute Gasteiger partial charge is 0.369 e. The number of carbonyl (C=O) groups excluding carboxylic acids is 1. The third-order valence-electron chi connectivity index (χ3n) is 5.26. The molecule has 1 aliphatic rings. The maximum atomic E-state index is 12.9. The molecule has 1 heterocycles. The molecule has 1 amide bonds. The minimum Gasteiger partial charge on any atom is -0.369 e. The summed E-state index contributed by atoms with van der Waals surface area (Å²) in [5, 5.41) is 2.95. The molecule has 0 bridgehead atoms. The summed E-state index contributed by atoms with van der Waals surface area (Å²) in [6.45, 7) is 5.43. The first-order valence-electron chi connectivity index (χ1n) is 9.79. The second-order valence-corrected chi connectivity index (χ2v) is 7.34. The van der Waals surface area contributed by atoms with Crippen LogP contribution in [-0.2, 0) is 17.4 Å². The Balaban J connectivity index is 1.43. The van der Waals surface area contributed by atoms with Crippen LogP contribution < -0.4 is 10.2 Å². The van der Waals surface area contributed by atoms with Crippen LogP contribution >= 0.6 is 0 Å². The van der Waals surface area contributed by atoms with Crippen molar-refractivity contribution in [1.82, 2.24) is 10.2 Å². The molecule has 0 saturated carbocycles. The van der Waals surface area contributed by atoms with Crippen molar-refractivity contribution in [3.8, 4) is 0 Å². The molecule has 156 valence electrons. The fraction of sp³-hybridized carbons (Fsp3) is 0.409. The average Bonchev–Trinajstić information content (AvgIpc) is 2.69. The molecule has 1 aliphatic heterocycles. The lowest BCUT2D eigenvalue weighted by atomic mass is 10.1. The topological polar surface area (TPSA) is 35.6 Å². The van der Waals surface area contributed by atoms with Crippen LogP contribution in [0.4, 0.5) is 18.9 Å². The number of amides is 1. The van der Waals surface area contributed by atoms with Gasteiger partial charge in [-0.15, -0.1) is 0 Å². The van der Waals surface area contributed by atoms with Gasteiger partial charge in [-0.3, -0.25) is 9.69 Å². The number of hydrogen-bond acceptors (Lipinski definition) is 3. The van der Waals surface area contributed by atoms with E-state index in [1.54, 1.807) is 6.07 Å². The Hall–Kier alpha value is -2.54. The Morgan fingerprint density at radius 3 is 2.45 bits per heavy atom. The Labute approximate surface area is 169 Å². The lowest BCUT2D eigenvalue weighted by Crippen LogP contribution is -2.49. The van der Waals surface area contributed by atoms with Crippen molar-refractivity contribution in [3.05, 3.63) is 65.2 Å². The monoisotopic (exact) mass is 405 g/mol. The van der Waals surface area contributed by atoms with Gasteiger partial charge in [-0.2, -0.15) is 13.2 Å². The van der Waals surface area contributed by atoms with Crippen molar-refractivity contribution >= 4 is 11.6 Å². The maximum Gasteiger partial charge on any atom is 0.416 e. The van der Waals surface area contributed by atoms with Crippen molar-refractivity contribution in [1.29, 1.82) is 0 Å². The van der Waals surface area contributed by atoms with Crippen molar-refractivity contribution in [3.63, 3.8) is 0 Å². The van der Waals surface area contributed by atoms with Gasteiger partial charge in [-0.05, 0) is 42.7 Å². The van der Waals surface area contributed by atoms with Gasteiger partial charge in [0.05, 0.1) is 12.1 Å². The summed E-state index contributed by atoms with van der Waals surface area (Å²) in [5.74, 6) is -0.0221. The summed E-state index contributed by atoms with van der Waals surface area (Å²) >= 11 is 0. The normalized spacial score (nSPS) is 15.4. The van der Waals surface area contributed by atoms with Gasteiger partial charge in [-0.25, -0.2) is 0 Å². The van der Waals surface area contributed by atoms with E-state index < -0.39 is 11.7 Å². The van der Waals surface area contributed by atoms with Crippen LogP contribution in [0.3, 0.4) is 0 Å². The van der Waals surface area contributed by atoms with Crippen LogP contribution in [-0.4, -0.2) is 50.1 Å². The highest BCUT2D eigenvalue weighted by atomic mass is 19.4. The van der Waals surface area contributed by atoms with Gasteiger partial charge < -0.3 is 10.2 Å². The lowest BCUT2D eigenvalue weighted by molar-refractivity contribution is -0.137. The summed E-state index contributed by atoms with van der Waals surface area (Å²) in [6, 6.07) is 13.5. The minimum atomic E-state index is -4.34. The van der Waals surface area contributed by atoms with Gasteiger partial charge in [0.1, 0.15) is 0 Å². The number of rotatable bonds is 6. The van der Waals surface area contributed by atoms with Crippen molar-refractivity contribution in [2.24, 2.45) is 0 Å². The van der Waals surface area contributed by atoms with Crippen LogP contribution in [0.2, 0.25) is 0 Å². The van der Waals surface area contributed by atoms with E-state index in [-0.39, 0.29) is 5.91 Å². The predicted octanol–water partition coefficient (Wildman–Crippen LogP) is 3.49. The molecule has 2 aromatic rings. The molecular formula is C22H26F3N3O. The van der Waals surface area contributed by atoms with Crippen LogP contribution in [0.1, 0.15) is 16.7 Å². The number of anilines is 1. The van der Waals surface area contributed by atoms with Crippen LogP contribution in [0, 0.1) is 6.92 Å². The zero-order valence-corrected chi connectivity index (χ0v) is 16.5. The highest BCUT2D eigenvalue weighted by Gasteiger charge is 2.31. The summed E-state index contributed by atoms with van der Waals surface area (Å²) < 4.78 is 38.7. The summed E-state index contributed by atoms with van der Waals surface area (Å²) in [4.78, 5) is 16.2. The lowest BCUT2D eigenvalue weighted by Gasteiger charge is -2.36. The molecule has 0 aromatic heterocycles. The van der Waals surface area contributed by atoms with E-state index in [2.05, 4.69) is 24.4 Å². The van der Waals surface area contributed by atoms with E-state index in [0.29, 0.717) is 45.0 Å². The van der Waals surface area contributed by atoms with Crippen LogP contribution in [0.15, 0.2) is 48.5 Å². The number of hydrogen-bond donors (Lipinski definition) is 1. The third-order valence-corrected chi connectivity index (χ3v) is 5.26. The van der Waals surface area contributed by atoms with Gasteiger partial charge in [0.2, 0.25) is 5.91 Å². The quantitative estimate of drug-likeness (QED) is 0.799. The molecule has 7 heteroatoms. The van der Waals surface area contributed by atoms with E-state index in [4.69, 9.17) is 0 Å². The molecule has 1 N–H and O–H groups in total. The van der Waals surface area contributed by atoms with Gasteiger partial charge in [0, 0.05) is 38.4 Å². The zero-order chi connectivity index (χ0) is 20.9. The molecule has 0 radical (unpaired) electrons. The second kappa shape index (κ2) is 9.31. The summed E-state index contributed by atoms with van der Waals surface area (Å²) in [6.07, 6.45) is -3.55. The van der Waals surface area contributed by atoms with Crippen LogP contribution in [0.25, 0.3) is 0 Å². The Bertz CT molecular complexity index is 830.